The predicted octanol–water partition coefficient (Wildman–Crippen LogP) is 4.77. The molecule has 20 heavy (non-hydrogen) atoms. The lowest BCUT2D eigenvalue weighted by molar-refractivity contribution is 0.591. The Bertz CT molecular complexity index is 584. The van der Waals surface area contributed by atoms with Gasteiger partial charge >= 0.3 is 0 Å². The number of aryl methyl sites for hydroxylation is 3. The summed E-state index contributed by atoms with van der Waals surface area (Å²) in [5.41, 5.74) is 6.35. The third kappa shape index (κ3) is 3.62. The SMILES string of the molecule is CNC(Cc1cc(C)cc(C)c1)c1ccc(C)c(Cl)c1. The Morgan fingerprint density at radius 3 is 2.20 bits per heavy atom. The molecule has 1 nitrogen and oxygen atoms in total. The number of benzene rings is 2. The van der Waals surface area contributed by atoms with E-state index >= 15 is 0 Å². The summed E-state index contributed by atoms with van der Waals surface area (Å²) in [6.07, 6.45) is 0.971. The van der Waals surface area contributed by atoms with Gasteiger partial charge in [-0.2, -0.15) is 0 Å². The average molecular weight is 288 g/mol. The van der Waals surface area contributed by atoms with Crippen LogP contribution in [-0.2, 0) is 6.42 Å². The van der Waals surface area contributed by atoms with Crippen molar-refractivity contribution in [3.63, 3.8) is 0 Å². The van der Waals surface area contributed by atoms with E-state index in [1.54, 1.807) is 0 Å². The molecule has 1 atom stereocenters. The molecule has 106 valence electrons. The van der Waals surface area contributed by atoms with Gasteiger partial charge in [0.05, 0.1) is 0 Å². The molecular weight excluding hydrogens is 266 g/mol. The lowest BCUT2D eigenvalue weighted by atomic mass is 9.96. The van der Waals surface area contributed by atoms with Gasteiger partial charge in [0.25, 0.3) is 0 Å². The number of rotatable bonds is 4. The molecule has 0 bridgehead atoms. The molecular formula is C18H22ClN. The van der Waals surface area contributed by atoms with Crippen molar-refractivity contribution in [2.45, 2.75) is 33.2 Å². The quantitative estimate of drug-likeness (QED) is 0.854. The summed E-state index contributed by atoms with van der Waals surface area (Å²) in [6, 6.07) is 13.3. The van der Waals surface area contributed by atoms with Crippen molar-refractivity contribution in [2.24, 2.45) is 0 Å². The average Bonchev–Trinajstić information content (AvgIpc) is 2.38. The maximum absolute atomic E-state index is 6.24. The fourth-order valence-corrected chi connectivity index (χ4v) is 2.82. The first-order valence-corrected chi connectivity index (χ1v) is 7.38. The van der Waals surface area contributed by atoms with Crippen LogP contribution in [0.3, 0.4) is 0 Å². The Hall–Kier alpha value is -1.31. The molecule has 0 saturated carbocycles. The zero-order chi connectivity index (χ0) is 14.7. The smallest absolute Gasteiger partial charge is 0.0438 e. The summed E-state index contributed by atoms with van der Waals surface area (Å²) in [5.74, 6) is 0. The summed E-state index contributed by atoms with van der Waals surface area (Å²) in [5, 5.41) is 4.23. The van der Waals surface area contributed by atoms with Gasteiger partial charge in [0.2, 0.25) is 0 Å². The maximum atomic E-state index is 6.24. The molecule has 0 fully saturated rings. The lowest BCUT2D eigenvalue weighted by Crippen LogP contribution is -2.19. The summed E-state index contributed by atoms with van der Waals surface area (Å²) in [4.78, 5) is 0. The zero-order valence-electron chi connectivity index (χ0n) is 12.6. The van der Waals surface area contributed by atoms with Crippen molar-refractivity contribution in [1.29, 1.82) is 0 Å². The van der Waals surface area contributed by atoms with Crippen molar-refractivity contribution in [3.8, 4) is 0 Å². The van der Waals surface area contributed by atoms with Crippen molar-refractivity contribution in [1.82, 2.24) is 5.32 Å². The highest BCUT2D eigenvalue weighted by atomic mass is 35.5. The monoisotopic (exact) mass is 287 g/mol. The second kappa shape index (κ2) is 6.43. The molecule has 1 N–H and O–H groups in total. The van der Waals surface area contributed by atoms with Crippen molar-refractivity contribution < 1.29 is 0 Å². The number of hydrogen-bond donors (Lipinski definition) is 1. The molecule has 0 spiro atoms. The van der Waals surface area contributed by atoms with E-state index in [1.807, 2.05) is 14.0 Å². The molecule has 0 aromatic heterocycles. The molecule has 2 rings (SSSR count). The van der Waals surface area contributed by atoms with E-state index in [2.05, 4.69) is 55.6 Å². The Balaban J connectivity index is 2.26. The van der Waals surface area contributed by atoms with E-state index in [4.69, 9.17) is 11.6 Å². The molecule has 2 aromatic rings. The Morgan fingerprint density at radius 2 is 1.65 bits per heavy atom. The van der Waals surface area contributed by atoms with Gasteiger partial charge < -0.3 is 5.32 Å². The zero-order valence-corrected chi connectivity index (χ0v) is 13.4. The molecule has 0 saturated heterocycles. The van der Waals surface area contributed by atoms with Gasteiger partial charge in [-0.1, -0.05) is 53.1 Å². The van der Waals surface area contributed by atoms with Gasteiger partial charge in [0, 0.05) is 11.1 Å². The fraction of sp³-hybridized carbons (Fsp3) is 0.333. The minimum absolute atomic E-state index is 0.286. The topological polar surface area (TPSA) is 12.0 Å². The minimum atomic E-state index is 0.286. The van der Waals surface area contributed by atoms with Crippen LogP contribution in [0.4, 0.5) is 0 Å². The summed E-state index contributed by atoms with van der Waals surface area (Å²) < 4.78 is 0. The number of hydrogen-bond acceptors (Lipinski definition) is 1. The third-order valence-corrected chi connectivity index (χ3v) is 4.08. The van der Waals surface area contributed by atoms with Crippen LogP contribution in [0.2, 0.25) is 5.02 Å². The number of likely N-dealkylation sites (N-methyl/N-ethyl adjacent to an activating group) is 1. The molecule has 0 aliphatic rings. The number of halogens is 1. The highest BCUT2D eigenvalue weighted by molar-refractivity contribution is 6.31. The van der Waals surface area contributed by atoms with Crippen molar-refractivity contribution >= 4 is 11.6 Å². The van der Waals surface area contributed by atoms with Crippen LogP contribution in [-0.4, -0.2) is 7.05 Å². The summed E-state index contributed by atoms with van der Waals surface area (Å²) >= 11 is 6.24. The van der Waals surface area contributed by atoms with Gasteiger partial charge in [-0.15, -0.1) is 0 Å². The molecule has 0 amide bonds. The van der Waals surface area contributed by atoms with Crippen LogP contribution in [0.25, 0.3) is 0 Å². The second-order valence-electron chi connectivity index (χ2n) is 5.55. The highest BCUT2D eigenvalue weighted by Gasteiger charge is 2.11. The van der Waals surface area contributed by atoms with Crippen molar-refractivity contribution in [3.05, 3.63) is 69.2 Å². The van der Waals surface area contributed by atoms with Crippen LogP contribution in [0.15, 0.2) is 36.4 Å². The summed E-state index contributed by atoms with van der Waals surface area (Å²) in [7, 11) is 2.00. The van der Waals surface area contributed by atoms with Gasteiger partial charge in [0.15, 0.2) is 0 Å². The second-order valence-corrected chi connectivity index (χ2v) is 5.96. The standard InChI is InChI=1S/C18H22ClN/c1-12-7-13(2)9-15(8-12)10-18(20-4)16-6-5-14(3)17(19)11-16/h5-9,11,18,20H,10H2,1-4H3. The van der Waals surface area contributed by atoms with Gasteiger partial charge in [-0.3, -0.25) is 0 Å². The van der Waals surface area contributed by atoms with Crippen LogP contribution in [0.5, 0.6) is 0 Å². The first kappa shape index (κ1) is 15.1. The van der Waals surface area contributed by atoms with E-state index in [0.29, 0.717) is 0 Å². The Kier molecular flexibility index (Phi) is 4.85. The molecule has 2 aromatic carbocycles. The van der Waals surface area contributed by atoms with Crippen LogP contribution in [0, 0.1) is 20.8 Å². The fourth-order valence-electron chi connectivity index (χ4n) is 2.63. The Labute approximate surface area is 127 Å². The van der Waals surface area contributed by atoms with Gasteiger partial charge in [-0.05, 0) is 57.0 Å². The third-order valence-electron chi connectivity index (χ3n) is 3.67. The van der Waals surface area contributed by atoms with Crippen LogP contribution >= 0.6 is 11.6 Å². The van der Waals surface area contributed by atoms with Gasteiger partial charge in [0.1, 0.15) is 0 Å². The van der Waals surface area contributed by atoms with E-state index in [1.165, 1.54) is 22.3 Å². The minimum Gasteiger partial charge on any atom is -0.313 e. The van der Waals surface area contributed by atoms with Crippen LogP contribution in [0.1, 0.15) is 33.9 Å². The van der Waals surface area contributed by atoms with E-state index in [-0.39, 0.29) is 6.04 Å². The predicted molar refractivity (Wildman–Crippen MR) is 87.6 cm³/mol. The largest absolute Gasteiger partial charge is 0.313 e. The first-order valence-electron chi connectivity index (χ1n) is 7.00. The summed E-state index contributed by atoms with van der Waals surface area (Å²) in [6.45, 7) is 6.33. The molecule has 2 heteroatoms. The van der Waals surface area contributed by atoms with Crippen molar-refractivity contribution in [2.75, 3.05) is 7.05 Å². The molecule has 1 unspecified atom stereocenters. The van der Waals surface area contributed by atoms with Gasteiger partial charge in [-0.25, -0.2) is 0 Å². The lowest BCUT2D eigenvalue weighted by Gasteiger charge is -2.18. The highest BCUT2D eigenvalue weighted by Crippen LogP contribution is 2.24. The first-order chi connectivity index (χ1) is 9.49. The normalized spacial score (nSPS) is 12.4. The molecule has 0 aliphatic heterocycles. The van der Waals surface area contributed by atoms with E-state index in [9.17, 15) is 0 Å². The molecule has 0 aliphatic carbocycles. The maximum Gasteiger partial charge on any atom is 0.0438 e. The van der Waals surface area contributed by atoms with E-state index in [0.717, 1.165) is 17.0 Å². The van der Waals surface area contributed by atoms with Crippen LogP contribution < -0.4 is 5.32 Å². The molecule has 0 radical (unpaired) electrons. The Morgan fingerprint density at radius 1 is 1.00 bits per heavy atom. The number of nitrogens with one attached hydrogen (secondary N) is 1. The van der Waals surface area contributed by atoms with E-state index < -0.39 is 0 Å². The molecule has 0 heterocycles.